The first kappa shape index (κ1) is 11.4. The Balaban J connectivity index is 4.58. The fourth-order valence-electron chi connectivity index (χ4n) is 1.15. The molecule has 0 rings (SSSR count). The predicted molar refractivity (Wildman–Crippen MR) is 43.7 cm³/mol. The van der Waals surface area contributed by atoms with Gasteiger partial charge in [-0.2, -0.15) is 0 Å². The summed E-state index contributed by atoms with van der Waals surface area (Å²) in [5, 5.41) is 26.6. The second-order valence-corrected chi connectivity index (χ2v) is 3.17. The first-order valence-electron chi connectivity index (χ1n) is 3.98. The maximum absolute atomic E-state index is 10.7. The normalized spacial score (nSPS) is 18.3. The lowest BCUT2D eigenvalue weighted by Crippen LogP contribution is -2.40. The third-order valence-corrected chi connectivity index (χ3v) is 2.43. The Labute approximate surface area is 71.8 Å². The molecule has 0 aliphatic heterocycles. The molecule has 2 atom stereocenters. The molecule has 0 aliphatic rings. The van der Waals surface area contributed by atoms with Crippen LogP contribution < -0.4 is 0 Å². The first-order chi connectivity index (χ1) is 5.52. The average Bonchev–Trinajstić information content (AvgIpc) is 2.05. The molecule has 0 aromatic rings. The van der Waals surface area contributed by atoms with E-state index in [4.69, 9.17) is 15.3 Å². The number of aliphatic hydroxyl groups excluding tert-OH is 2. The van der Waals surface area contributed by atoms with Crippen LogP contribution in [0.15, 0.2) is 0 Å². The second kappa shape index (κ2) is 4.42. The van der Waals surface area contributed by atoms with Crippen molar-refractivity contribution in [2.75, 3.05) is 13.2 Å². The molecular weight excluding hydrogens is 160 g/mol. The molecule has 0 amide bonds. The van der Waals surface area contributed by atoms with E-state index in [0.29, 0.717) is 6.42 Å². The molecule has 0 fully saturated rings. The SMILES string of the molecule is CCC(CO)C(C)(CO)C(=O)O. The van der Waals surface area contributed by atoms with Gasteiger partial charge in [-0.25, -0.2) is 0 Å². The van der Waals surface area contributed by atoms with E-state index in [-0.39, 0.29) is 12.5 Å². The van der Waals surface area contributed by atoms with Crippen LogP contribution in [0.25, 0.3) is 0 Å². The van der Waals surface area contributed by atoms with Gasteiger partial charge in [-0.3, -0.25) is 4.79 Å². The summed E-state index contributed by atoms with van der Waals surface area (Å²) in [7, 11) is 0. The molecule has 2 unspecified atom stereocenters. The average molecular weight is 176 g/mol. The summed E-state index contributed by atoms with van der Waals surface area (Å²) >= 11 is 0. The molecule has 72 valence electrons. The van der Waals surface area contributed by atoms with Crippen molar-refractivity contribution in [3.05, 3.63) is 0 Å². The molecular formula is C8H16O4. The van der Waals surface area contributed by atoms with Crippen LogP contribution in [0, 0.1) is 11.3 Å². The molecule has 0 saturated heterocycles. The monoisotopic (exact) mass is 176 g/mol. The fourth-order valence-corrected chi connectivity index (χ4v) is 1.15. The van der Waals surface area contributed by atoms with Crippen LogP contribution in [0.1, 0.15) is 20.3 Å². The van der Waals surface area contributed by atoms with E-state index >= 15 is 0 Å². The van der Waals surface area contributed by atoms with Crippen molar-refractivity contribution in [2.24, 2.45) is 11.3 Å². The Morgan fingerprint density at radius 2 is 2.00 bits per heavy atom. The number of aliphatic hydroxyl groups is 2. The molecule has 0 saturated carbocycles. The minimum atomic E-state index is -1.22. The molecule has 4 nitrogen and oxygen atoms in total. The van der Waals surface area contributed by atoms with Gasteiger partial charge in [-0.05, 0) is 19.3 Å². The van der Waals surface area contributed by atoms with E-state index in [9.17, 15) is 4.79 Å². The van der Waals surface area contributed by atoms with Crippen LogP contribution in [0.4, 0.5) is 0 Å². The molecule has 0 radical (unpaired) electrons. The van der Waals surface area contributed by atoms with E-state index in [1.165, 1.54) is 6.92 Å². The Hall–Kier alpha value is -0.610. The minimum Gasteiger partial charge on any atom is -0.481 e. The van der Waals surface area contributed by atoms with E-state index in [1.54, 1.807) is 6.92 Å². The summed E-state index contributed by atoms with van der Waals surface area (Å²) < 4.78 is 0. The van der Waals surface area contributed by atoms with E-state index in [1.807, 2.05) is 0 Å². The summed E-state index contributed by atoms with van der Waals surface area (Å²) in [6, 6.07) is 0. The van der Waals surface area contributed by atoms with Crippen molar-refractivity contribution in [3.8, 4) is 0 Å². The van der Waals surface area contributed by atoms with Gasteiger partial charge in [0.1, 0.15) is 0 Å². The fraction of sp³-hybridized carbons (Fsp3) is 0.875. The molecule has 0 aromatic heterocycles. The van der Waals surface area contributed by atoms with Crippen LogP contribution in [0.2, 0.25) is 0 Å². The smallest absolute Gasteiger partial charge is 0.312 e. The van der Waals surface area contributed by atoms with Crippen LogP contribution in [-0.4, -0.2) is 34.5 Å². The topological polar surface area (TPSA) is 77.8 Å². The van der Waals surface area contributed by atoms with Gasteiger partial charge < -0.3 is 15.3 Å². The lowest BCUT2D eigenvalue weighted by Gasteiger charge is -2.29. The second-order valence-electron chi connectivity index (χ2n) is 3.17. The van der Waals surface area contributed by atoms with Gasteiger partial charge in [0.25, 0.3) is 0 Å². The van der Waals surface area contributed by atoms with Crippen LogP contribution >= 0.6 is 0 Å². The van der Waals surface area contributed by atoms with Crippen molar-refractivity contribution in [1.29, 1.82) is 0 Å². The molecule has 0 heterocycles. The lowest BCUT2D eigenvalue weighted by atomic mass is 9.77. The highest BCUT2D eigenvalue weighted by atomic mass is 16.4. The van der Waals surface area contributed by atoms with E-state index in [2.05, 4.69) is 0 Å². The van der Waals surface area contributed by atoms with Gasteiger partial charge in [0, 0.05) is 6.61 Å². The minimum absolute atomic E-state index is 0.208. The highest BCUT2D eigenvalue weighted by Crippen LogP contribution is 2.29. The zero-order valence-electron chi connectivity index (χ0n) is 7.45. The summed E-state index contributed by atoms with van der Waals surface area (Å²) in [5.74, 6) is -1.45. The Kier molecular flexibility index (Phi) is 4.20. The number of hydrogen-bond acceptors (Lipinski definition) is 3. The van der Waals surface area contributed by atoms with Crippen molar-refractivity contribution in [2.45, 2.75) is 20.3 Å². The summed E-state index contributed by atoms with van der Waals surface area (Å²) in [6.07, 6.45) is 0.542. The molecule has 0 aliphatic carbocycles. The first-order valence-corrected chi connectivity index (χ1v) is 3.98. The number of carbonyl (C=O) groups is 1. The molecule has 0 bridgehead atoms. The highest BCUT2D eigenvalue weighted by Gasteiger charge is 2.39. The van der Waals surface area contributed by atoms with Crippen LogP contribution in [0.3, 0.4) is 0 Å². The number of hydrogen-bond donors (Lipinski definition) is 3. The number of rotatable bonds is 5. The van der Waals surface area contributed by atoms with Gasteiger partial charge in [0.15, 0.2) is 0 Å². The number of aliphatic carboxylic acids is 1. The van der Waals surface area contributed by atoms with Gasteiger partial charge in [0.05, 0.1) is 12.0 Å². The number of carboxylic acids is 1. The van der Waals surface area contributed by atoms with Gasteiger partial charge in [0.2, 0.25) is 0 Å². The highest BCUT2D eigenvalue weighted by molar-refractivity contribution is 5.74. The maximum atomic E-state index is 10.7. The molecule has 12 heavy (non-hydrogen) atoms. The molecule has 4 heteroatoms. The van der Waals surface area contributed by atoms with Crippen molar-refractivity contribution < 1.29 is 20.1 Å². The molecule has 3 N–H and O–H groups in total. The maximum Gasteiger partial charge on any atom is 0.312 e. The van der Waals surface area contributed by atoms with Gasteiger partial charge in [-0.15, -0.1) is 0 Å². The van der Waals surface area contributed by atoms with E-state index < -0.39 is 18.0 Å². The Morgan fingerprint density at radius 3 is 2.08 bits per heavy atom. The quantitative estimate of drug-likeness (QED) is 0.554. The molecule has 0 aromatic carbocycles. The largest absolute Gasteiger partial charge is 0.481 e. The zero-order valence-corrected chi connectivity index (χ0v) is 7.45. The molecule has 0 spiro atoms. The van der Waals surface area contributed by atoms with Crippen LogP contribution in [-0.2, 0) is 4.79 Å². The lowest BCUT2D eigenvalue weighted by molar-refractivity contribution is -0.155. The zero-order chi connectivity index (χ0) is 9.78. The van der Waals surface area contributed by atoms with E-state index in [0.717, 1.165) is 0 Å². The van der Waals surface area contributed by atoms with Crippen molar-refractivity contribution in [3.63, 3.8) is 0 Å². The van der Waals surface area contributed by atoms with Crippen LogP contribution in [0.5, 0.6) is 0 Å². The predicted octanol–water partition coefficient (Wildman–Crippen LogP) is 0.0881. The Morgan fingerprint density at radius 1 is 1.50 bits per heavy atom. The summed E-state index contributed by atoms with van der Waals surface area (Å²) in [4.78, 5) is 10.7. The summed E-state index contributed by atoms with van der Waals surface area (Å²) in [5.41, 5.74) is -1.22. The third kappa shape index (κ3) is 1.95. The standard InChI is InChI=1S/C8H16O4/c1-3-6(4-9)8(2,5-10)7(11)12/h6,9-10H,3-5H2,1-2H3,(H,11,12). The summed E-state index contributed by atoms with van der Waals surface area (Å²) in [6.45, 7) is 2.58. The van der Waals surface area contributed by atoms with Gasteiger partial charge >= 0.3 is 5.97 Å². The van der Waals surface area contributed by atoms with Crippen molar-refractivity contribution in [1.82, 2.24) is 0 Å². The van der Waals surface area contributed by atoms with Crippen molar-refractivity contribution >= 4 is 5.97 Å². The third-order valence-electron chi connectivity index (χ3n) is 2.43. The Bertz CT molecular complexity index is 153. The number of carboxylic acid groups (broad SMARTS) is 1. The van der Waals surface area contributed by atoms with Gasteiger partial charge in [-0.1, -0.05) is 6.92 Å².